The van der Waals surface area contributed by atoms with E-state index in [2.05, 4.69) is 17.1 Å². The highest BCUT2D eigenvalue weighted by Crippen LogP contribution is 2.30. The van der Waals surface area contributed by atoms with Crippen LogP contribution in [0.1, 0.15) is 51.9 Å². The number of hydrogen-bond donors (Lipinski definition) is 1. The minimum Gasteiger partial charge on any atom is -0.348 e. The Hall–Kier alpha value is -3.17. The first-order valence-electron chi connectivity index (χ1n) is 14.3. The predicted molar refractivity (Wildman–Crippen MR) is 160 cm³/mol. The molecule has 218 valence electrons. The number of rotatable bonds is 13. The van der Waals surface area contributed by atoms with Crippen LogP contribution in [-0.2, 0) is 21.4 Å². The Bertz CT molecular complexity index is 1130. The minimum atomic E-state index is -0.208. The molecule has 40 heavy (non-hydrogen) atoms. The van der Waals surface area contributed by atoms with Gasteiger partial charge in [0.1, 0.15) is 18.4 Å². The lowest BCUT2D eigenvalue weighted by molar-refractivity contribution is -0.127. The Morgan fingerprint density at radius 3 is 2.58 bits per heavy atom. The summed E-state index contributed by atoms with van der Waals surface area (Å²) in [6.45, 7) is 6.37. The fraction of sp³-hybridized carbons (Fsp3) is 0.533. The van der Waals surface area contributed by atoms with Crippen LogP contribution in [0.5, 0.6) is 0 Å². The third-order valence-electron chi connectivity index (χ3n) is 7.27. The maximum Gasteiger partial charge on any atom is 0.222 e. The lowest BCUT2D eigenvalue weighted by Crippen LogP contribution is -2.40. The number of allylic oxidation sites excluding steroid dienone is 1. The molecule has 2 aliphatic heterocycles. The zero-order chi connectivity index (χ0) is 28.9. The van der Waals surface area contributed by atoms with Gasteiger partial charge in [-0.25, -0.2) is 4.98 Å². The molecule has 0 aliphatic carbocycles. The van der Waals surface area contributed by atoms with E-state index in [-0.39, 0.29) is 6.04 Å². The normalized spacial score (nSPS) is 17.1. The van der Waals surface area contributed by atoms with E-state index in [0.29, 0.717) is 10.9 Å². The van der Waals surface area contributed by atoms with E-state index in [1.165, 1.54) is 0 Å². The van der Waals surface area contributed by atoms with Crippen LogP contribution in [0, 0.1) is 0 Å². The Morgan fingerprint density at radius 1 is 1.18 bits per heavy atom. The van der Waals surface area contributed by atoms with Gasteiger partial charge in [0.15, 0.2) is 0 Å². The van der Waals surface area contributed by atoms with Gasteiger partial charge in [-0.2, -0.15) is 0 Å². The molecule has 2 aliphatic rings. The molecule has 10 heteroatoms. The first kappa shape index (κ1) is 31.4. The molecule has 4 rings (SSSR count). The summed E-state index contributed by atoms with van der Waals surface area (Å²) >= 11 is 6.03. The molecule has 2 saturated heterocycles. The number of aromatic nitrogens is 2. The van der Waals surface area contributed by atoms with Crippen LogP contribution in [0.4, 0.5) is 5.95 Å². The molecular formula is C30H43ClN6O3. The van der Waals surface area contributed by atoms with Crippen LogP contribution >= 0.6 is 11.6 Å². The van der Waals surface area contributed by atoms with Gasteiger partial charge in [-0.3, -0.25) is 14.5 Å². The number of amides is 1. The number of halogens is 1. The fourth-order valence-corrected chi connectivity index (χ4v) is 5.24. The molecule has 9 nitrogen and oxygen atoms in total. The minimum absolute atomic E-state index is 0.208. The van der Waals surface area contributed by atoms with Gasteiger partial charge < -0.3 is 24.5 Å². The van der Waals surface area contributed by atoms with Crippen LogP contribution in [0.2, 0.25) is 5.02 Å². The van der Waals surface area contributed by atoms with Gasteiger partial charge in [-0.1, -0.05) is 43.5 Å². The van der Waals surface area contributed by atoms with Gasteiger partial charge >= 0.3 is 0 Å². The van der Waals surface area contributed by atoms with E-state index in [1.807, 2.05) is 58.9 Å². The lowest BCUT2D eigenvalue weighted by atomic mass is 10.2. The molecule has 0 spiro atoms. The molecule has 1 unspecified atom stereocenters. The van der Waals surface area contributed by atoms with Crippen molar-refractivity contribution in [3.8, 4) is 11.3 Å². The summed E-state index contributed by atoms with van der Waals surface area (Å²) in [7, 11) is 3.86. The van der Waals surface area contributed by atoms with Crippen LogP contribution in [0.15, 0.2) is 42.4 Å². The Balaban J connectivity index is 0.000000371. The fourth-order valence-electron chi connectivity index (χ4n) is 5.11. The number of carbonyl (C=O) groups excluding carboxylic acids is 3. The van der Waals surface area contributed by atoms with Crippen LogP contribution in [0.3, 0.4) is 0 Å². The van der Waals surface area contributed by atoms with Gasteiger partial charge in [0.2, 0.25) is 11.9 Å². The number of nitrogens with zero attached hydrogens (tertiary/aromatic N) is 5. The Morgan fingerprint density at radius 2 is 1.95 bits per heavy atom. The average Bonchev–Trinajstić information content (AvgIpc) is 3.70. The van der Waals surface area contributed by atoms with Gasteiger partial charge in [-0.05, 0) is 44.9 Å². The van der Waals surface area contributed by atoms with Crippen LogP contribution < -0.4 is 10.2 Å². The lowest BCUT2D eigenvalue weighted by Gasteiger charge is -2.34. The predicted octanol–water partition coefficient (Wildman–Crippen LogP) is 4.27. The van der Waals surface area contributed by atoms with Gasteiger partial charge in [0.05, 0.1) is 11.7 Å². The second-order valence-electron chi connectivity index (χ2n) is 10.2. The maximum absolute atomic E-state index is 11.6. The highest BCUT2D eigenvalue weighted by atomic mass is 35.5. The van der Waals surface area contributed by atoms with Crippen molar-refractivity contribution in [3.63, 3.8) is 0 Å². The van der Waals surface area contributed by atoms with Crippen molar-refractivity contribution in [1.82, 2.24) is 24.7 Å². The highest BCUT2D eigenvalue weighted by Gasteiger charge is 2.30. The number of aldehydes is 2. The van der Waals surface area contributed by atoms with Gasteiger partial charge in [0, 0.05) is 69.1 Å². The maximum atomic E-state index is 11.6. The summed E-state index contributed by atoms with van der Waals surface area (Å²) in [5.41, 5.74) is 1.81. The summed E-state index contributed by atoms with van der Waals surface area (Å²) < 4.78 is 1.97. The highest BCUT2D eigenvalue weighted by molar-refractivity contribution is 6.30. The number of likely N-dealkylation sites (N-methyl/N-ethyl adjacent to an activating group) is 1. The van der Waals surface area contributed by atoms with E-state index in [1.54, 1.807) is 6.08 Å². The van der Waals surface area contributed by atoms with Crippen molar-refractivity contribution in [1.29, 1.82) is 0 Å². The first-order valence-corrected chi connectivity index (χ1v) is 14.7. The van der Waals surface area contributed by atoms with E-state index in [0.717, 1.165) is 113 Å². The van der Waals surface area contributed by atoms with Crippen LogP contribution in [0.25, 0.3) is 11.3 Å². The third kappa shape index (κ3) is 8.41. The number of imidazole rings is 1. The molecule has 1 aromatic heterocycles. The first-order chi connectivity index (χ1) is 19.4. The molecule has 0 radical (unpaired) electrons. The summed E-state index contributed by atoms with van der Waals surface area (Å²) in [6.07, 6.45) is 12.0. The summed E-state index contributed by atoms with van der Waals surface area (Å²) in [6, 6.07) is 7.38. The average molecular weight is 571 g/mol. The molecule has 1 amide bonds. The molecule has 1 N–H and O–H groups in total. The quantitative estimate of drug-likeness (QED) is 0.218. The second-order valence-corrected chi connectivity index (χ2v) is 10.6. The van der Waals surface area contributed by atoms with E-state index in [9.17, 15) is 14.4 Å². The molecule has 1 atom stereocenters. The van der Waals surface area contributed by atoms with Gasteiger partial charge in [0.25, 0.3) is 0 Å². The van der Waals surface area contributed by atoms with Crippen molar-refractivity contribution < 1.29 is 14.4 Å². The summed E-state index contributed by atoms with van der Waals surface area (Å²) in [4.78, 5) is 45.0. The second kappa shape index (κ2) is 16.2. The number of unbranched alkanes of at least 4 members (excludes halogenated alkanes) is 2. The number of aryl methyl sites for hydroxylation is 1. The molecular weight excluding hydrogens is 528 g/mol. The number of carbonyl (C=O) groups is 3. The van der Waals surface area contributed by atoms with E-state index in [4.69, 9.17) is 16.6 Å². The SMILES string of the molecule is CCCCCN(/C(=C\C=O)N1CCCC1C=O)c1nc(-c2ccc(Cl)cc2)cn1C.CNCCN1CCCC1=O. The number of hydrogen-bond acceptors (Lipinski definition) is 7. The number of anilines is 1. The molecule has 3 heterocycles. The molecule has 0 saturated carbocycles. The van der Waals surface area contributed by atoms with Gasteiger partial charge in [-0.15, -0.1) is 0 Å². The zero-order valence-corrected chi connectivity index (χ0v) is 24.8. The number of benzene rings is 1. The summed E-state index contributed by atoms with van der Waals surface area (Å²) in [5.74, 6) is 1.81. The monoisotopic (exact) mass is 570 g/mol. The zero-order valence-electron chi connectivity index (χ0n) is 24.0. The Labute approximate surface area is 243 Å². The molecule has 2 fully saturated rings. The third-order valence-corrected chi connectivity index (χ3v) is 7.52. The van der Waals surface area contributed by atoms with Crippen molar-refractivity contribution >= 4 is 36.0 Å². The van der Waals surface area contributed by atoms with Crippen molar-refractivity contribution in [2.45, 2.75) is 57.9 Å². The largest absolute Gasteiger partial charge is 0.348 e. The van der Waals surface area contributed by atoms with Crippen LogP contribution in [-0.4, -0.2) is 83.6 Å². The van der Waals surface area contributed by atoms with Crippen molar-refractivity contribution in [2.75, 3.05) is 44.7 Å². The molecule has 1 aromatic carbocycles. The molecule has 2 aromatic rings. The van der Waals surface area contributed by atoms with E-state index >= 15 is 0 Å². The van der Waals surface area contributed by atoms with Crippen molar-refractivity contribution in [3.05, 3.63) is 47.4 Å². The van der Waals surface area contributed by atoms with Crippen molar-refractivity contribution in [2.24, 2.45) is 7.05 Å². The summed E-state index contributed by atoms with van der Waals surface area (Å²) in [5, 5.41) is 3.70. The Kier molecular flexibility index (Phi) is 12.7. The molecule has 0 bridgehead atoms. The number of nitrogens with one attached hydrogen (secondary N) is 1. The standard InChI is InChI=1S/C23H29ClN4O2.C7H14N2O/c1-3-4-5-13-28(22(12-15-29)27-14-6-7-20(27)17-30)23-25-21(16-26(23)2)18-8-10-19(24)11-9-18;1-8-4-6-9-5-2-3-7(9)10/h8-12,15-17,20H,3-7,13-14H2,1-2H3;8H,2-6H2,1H3/b22-12-;. The smallest absolute Gasteiger partial charge is 0.222 e. The number of likely N-dealkylation sites (tertiary alicyclic amines) is 2. The van der Waals surface area contributed by atoms with E-state index < -0.39 is 0 Å². The topological polar surface area (TPSA) is 90.8 Å².